The van der Waals surface area contributed by atoms with Crippen LogP contribution in [0.4, 0.5) is 10.6 Å². The molecule has 11 nitrogen and oxygen atoms in total. The van der Waals surface area contributed by atoms with Gasteiger partial charge in [-0.2, -0.15) is 4.31 Å². The predicted octanol–water partition coefficient (Wildman–Crippen LogP) is 1.07. The highest BCUT2D eigenvalue weighted by atomic mass is 32.2. The summed E-state index contributed by atoms with van der Waals surface area (Å²) < 4.78 is 38.6. The van der Waals surface area contributed by atoms with Crippen LogP contribution in [0.1, 0.15) is 39.0 Å². The third kappa shape index (κ3) is 5.80. The second-order valence-electron chi connectivity index (χ2n) is 10.3. The number of ether oxygens (including phenoxy) is 2. The van der Waals surface area contributed by atoms with Crippen LogP contribution in [-0.4, -0.2) is 104 Å². The van der Waals surface area contributed by atoms with E-state index in [0.717, 1.165) is 38.0 Å². The fraction of sp³-hybridized carbons (Fsp3) is 0.783. The van der Waals surface area contributed by atoms with Gasteiger partial charge >= 0.3 is 6.09 Å². The van der Waals surface area contributed by atoms with Crippen molar-refractivity contribution in [2.75, 3.05) is 63.9 Å². The van der Waals surface area contributed by atoms with Crippen molar-refractivity contribution in [1.82, 2.24) is 24.5 Å². The molecular weight excluding hydrogens is 472 g/mol. The first-order valence-electron chi connectivity index (χ1n) is 12.7. The number of nitrogens with zero attached hydrogens (tertiary/aromatic N) is 5. The zero-order valence-corrected chi connectivity index (χ0v) is 21.2. The number of anilines is 1. The largest absolute Gasteiger partial charge is 0.476 e. The number of amides is 1. The fourth-order valence-electron chi connectivity index (χ4n) is 4.85. The summed E-state index contributed by atoms with van der Waals surface area (Å²) in [4.78, 5) is 25.0. The summed E-state index contributed by atoms with van der Waals surface area (Å²) in [5.74, 6) is 1.57. The van der Waals surface area contributed by atoms with E-state index in [0.29, 0.717) is 70.6 Å². The number of nitrogens with one attached hydrogen (secondary N) is 1. The van der Waals surface area contributed by atoms with E-state index in [1.807, 2.05) is 6.92 Å². The highest BCUT2D eigenvalue weighted by Gasteiger charge is 2.43. The number of sulfonamides is 1. The molecule has 1 saturated carbocycles. The number of hydrogen-bond acceptors (Lipinski definition) is 9. The zero-order valence-electron chi connectivity index (χ0n) is 20.4. The minimum atomic E-state index is -3.25. The van der Waals surface area contributed by atoms with Gasteiger partial charge in [0.2, 0.25) is 15.9 Å². The van der Waals surface area contributed by atoms with Crippen LogP contribution in [0.25, 0.3) is 0 Å². The van der Waals surface area contributed by atoms with E-state index >= 15 is 0 Å². The molecule has 3 aliphatic heterocycles. The van der Waals surface area contributed by atoms with Gasteiger partial charge in [-0.05, 0) is 51.5 Å². The van der Waals surface area contributed by atoms with Crippen LogP contribution < -0.4 is 15.0 Å². The highest BCUT2D eigenvalue weighted by Crippen LogP contribution is 2.39. The lowest BCUT2D eigenvalue weighted by molar-refractivity contribution is 0.0454. The molecule has 194 valence electrons. The Kier molecular flexibility index (Phi) is 7.04. The molecule has 4 aliphatic rings. The van der Waals surface area contributed by atoms with Crippen molar-refractivity contribution in [1.29, 1.82) is 0 Å². The van der Waals surface area contributed by atoms with Crippen molar-refractivity contribution >= 4 is 21.9 Å². The van der Waals surface area contributed by atoms with Gasteiger partial charge < -0.3 is 24.6 Å². The Morgan fingerprint density at radius 3 is 2.43 bits per heavy atom. The first-order valence-corrected chi connectivity index (χ1v) is 14.2. The van der Waals surface area contributed by atoms with Crippen LogP contribution in [-0.2, 0) is 14.8 Å². The average molecular weight is 509 g/mol. The number of piperidine rings is 1. The first-order chi connectivity index (χ1) is 16.8. The first kappa shape index (κ1) is 24.5. The fourth-order valence-corrected chi connectivity index (χ4v) is 6.69. The van der Waals surface area contributed by atoms with Gasteiger partial charge in [0.15, 0.2) is 0 Å². The second kappa shape index (κ2) is 10.1. The predicted molar refractivity (Wildman–Crippen MR) is 130 cm³/mol. The molecule has 1 atom stereocenters. The molecule has 0 radical (unpaired) electrons. The number of carbonyl (C=O) groups is 1. The van der Waals surface area contributed by atoms with Crippen LogP contribution in [0.15, 0.2) is 12.4 Å². The van der Waals surface area contributed by atoms with Crippen molar-refractivity contribution in [3.63, 3.8) is 0 Å². The van der Waals surface area contributed by atoms with Crippen molar-refractivity contribution < 1.29 is 22.7 Å². The Morgan fingerprint density at radius 1 is 1.09 bits per heavy atom. The van der Waals surface area contributed by atoms with Crippen LogP contribution in [0, 0.1) is 5.92 Å². The summed E-state index contributed by atoms with van der Waals surface area (Å²) >= 11 is 0. The van der Waals surface area contributed by atoms with Crippen molar-refractivity contribution in [3.05, 3.63) is 12.4 Å². The third-order valence-electron chi connectivity index (χ3n) is 7.60. The Labute approximate surface area is 207 Å². The summed E-state index contributed by atoms with van der Waals surface area (Å²) in [6, 6.07) is 0. The van der Waals surface area contributed by atoms with E-state index in [1.54, 1.807) is 21.6 Å². The molecular formula is C23H36N6O5S. The molecule has 0 spiro atoms. The van der Waals surface area contributed by atoms with E-state index in [9.17, 15) is 13.2 Å². The molecule has 0 aromatic carbocycles. The minimum Gasteiger partial charge on any atom is -0.476 e. The Bertz CT molecular complexity index is 980. The molecule has 1 aliphatic carbocycles. The molecule has 0 bridgehead atoms. The van der Waals surface area contributed by atoms with E-state index in [-0.39, 0.29) is 16.9 Å². The molecule has 1 N–H and O–H groups in total. The lowest BCUT2D eigenvalue weighted by atomic mass is 9.98. The van der Waals surface area contributed by atoms with Gasteiger partial charge in [-0.1, -0.05) is 0 Å². The number of rotatable bonds is 7. The summed E-state index contributed by atoms with van der Waals surface area (Å²) in [7, 11) is -3.25. The molecule has 5 rings (SSSR count). The van der Waals surface area contributed by atoms with Crippen LogP contribution in [0.3, 0.4) is 0 Å². The Hall–Kier alpha value is -2.18. The van der Waals surface area contributed by atoms with Crippen molar-refractivity contribution in [3.8, 4) is 5.88 Å². The van der Waals surface area contributed by atoms with Gasteiger partial charge in [0, 0.05) is 45.8 Å². The molecule has 3 saturated heterocycles. The molecule has 1 unspecified atom stereocenters. The smallest absolute Gasteiger partial charge is 0.410 e. The van der Waals surface area contributed by atoms with Crippen LogP contribution >= 0.6 is 0 Å². The number of likely N-dealkylation sites (tertiary alicyclic amines) is 1. The SMILES string of the molecule is CC1(OC(=O)N2CCC(COc3cnc(N4CCN(S(=O)(=O)C5CCNC5)CC4)cn3)CC2)CC1. The summed E-state index contributed by atoms with van der Waals surface area (Å²) in [6.45, 7) is 7.32. The highest BCUT2D eigenvalue weighted by molar-refractivity contribution is 7.89. The van der Waals surface area contributed by atoms with E-state index in [2.05, 4.69) is 20.2 Å². The summed E-state index contributed by atoms with van der Waals surface area (Å²) in [6.07, 6.45) is 7.48. The molecule has 12 heteroatoms. The molecule has 35 heavy (non-hydrogen) atoms. The quantitative estimate of drug-likeness (QED) is 0.577. The standard InChI is InChI=1S/C23H36N6O5S/c1-23(5-6-23)34-22(30)28-8-3-18(4-9-28)17-33-21-16-25-20(15-26-21)27-10-12-29(13-11-27)35(31,32)19-2-7-24-14-19/h15-16,18-19,24H,2-14,17H2,1H3. The number of hydrogen-bond donors (Lipinski definition) is 1. The average Bonchev–Trinajstić information content (AvgIpc) is 3.33. The van der Waals surface area contributed by atoms with Gasteiger partial charge in [-0.3, -0.25) is 0 Å². The molecule has 1 aromatic rings. The Morgan fingerprint density at radius 2 is 1.83 bits per heavy atom. The lowest BCUT2D eigenvalue weighted by Crippen LogP contribution is -2.51. The van der Waals surface area contributed by atoms with E-state index < -0.39 is 10.0 Å². The van der Waals surface area contributed by atoms with Gasteiger partial charge in [0.25, 0.3) is 0 Å². The topological polar surface area (TPSA) is 117 Å². The van der Waals surface area contributed by atoms with Crippen LogP contribution in [0.2, 0.25) is 0 Å². The molecule has 4 fully saturated rings. The van der Waals surface area contributed by atoms with E-state index in [4.69, 9.17) is 9.47 Å². The molecule has 1 aromatic heterocycles. The number of aromatic nitrogens is 2. The third-order valence-corrected chi connectivity index (χ3v) is 9.93. The zero-order chi connectivity index (χ0) is 24.5. The summed E-state index contributed by atoms with van der Waals surface area (Å²) in [5.41, 5.74) is -0.236. The molecule has 1 amide bonds. The molecule has 4 heterocycles. The van der Waals surface area contributed by atoms with Crippen LogP contribution in [0.5, 0.6) is 5.88 Å². The van der Waals surface area contributed by atoms with Gasteiger partial charge in [-0.25, -0.2) is 23.2 Å². The maximum Gasteiger partial charge on any atom is 0.410 e. The normalized spacial score (nSPS) is 25.5. The van der Waals surface area contributed by atoms with Gasteiger partial charge in [-0.15, -0.1) is 0 Å². The van der Waals surface area contributed by atoms with Gasteiger partial charge in [0.1, 0.15) is 11.4 Å². The van der Waals surface area contributed by atoms with Gasteiger partial charge in [0.05, 0.1) is 24.3 Å². The minimum absolute atomic E-state index is 0.195. The Balaban J connectivity index is 1.04. The number of piperazine rings is 1. The maximum atomic E-state index is 12.8. The number of carbonyl (C=O) groups excluding carboxylic acids is 1. The summed E-state index contributed by atoms with van der Waals surface area (Å²) in [5, 5.41) is 2.83. The van der Waals surface area contributed by atoms with E-state index in [1.165, 1.54) is 0 Å². The maximum absolute atomic E-state index is 12.8. The monoisotopic (exact) mass is 508 g/mol. The van der Waals surface area contributed by atoms with Crippen molar-refractivity contribution in [2.24, 2.45) is 5.92 Å². The second-order valence-corrected chi connectivity index (χ2v) is 12.5. The van der Waals surface area contributed by atoms with Crippen molar-refractivity contribution in [2.45, 2.75) is 49.9 Å². The lowest BCUT2D eigenvalue weighted by Gasteiger charge is -2.35.